The van der Waals surface area contributed by atoms with Gasteiger partial charge in [0.15, 0.2) is 11.6 Å². The van der Waals surface area contributed by atoms with Gasteiger partial charge in [-0.3, -0.25) is 5.32 Å². The number of thioether (sulfide) groups is 1. The number of hydrogen-bond acceptors (Lipinski definition) is 2. The van der Waals surface area contributed by atoms with Crippen LogP contribution in [0.1, 0.15) is 56.7 Å². The Morgan fingerprint density at radius 3 is 2.64 bits per heavy atom. The molecule has 0 aliphatic carbocycles. The van der Waals surface area contributed by atoms with E-state index in [9.17, 15) is 8.78 Å². The summed E-state index contributed by atoms with van der Waals surface area (Å²) < 4.78 is 27.3. The van der Waals surface area contributed by atoms with Crippen molar-refractivity contribution in [3.63, 3.8) is 0 Å². The van der Waals surface area contributed by atoms with Crippen molar-refractivity contribution in [1.82, 2.24) is 5.32 Å². The maximum atomic E-state index is 13.9. The van der Waals surface area contributed by atoms with Crippen LogP contribution in [-0.4, -0.2) is 11.3 Å². The maximum Gasteiger partial charge on any atom is 0.159 e. The molecule has 2 atom stereocenters. The monoisotopic (exact) mass is 361 g/mol. The second kappa shape index (κ2) is 7.88. The van der Waals surface area contributed by atoms with Crippen LogP contribution in [0.5, 0.6) is 0 Å². The Kier molecular flexibility index (Phi) is 5.80. The molecule has 1 aliphatic heterocycles. The van der Waals surface area contributed by atoms with Gasteiger partial charge in [0, 0.05) is 16.2 Å². The lowest BCUT2D eigenvalue weighted by molar-refractivity contribution is 0.297. The minimum absolute atomic E-state index is 0.00474. The fourth-order valence-corrected chi connectivity index (χ4v) is 4.88. The molecule has 1 N–H and O–H groups in total. The molecule has 0 radical (unpaired) electrons. The number of halogens is 2. The Labute approximate surface area is 153 Å². The third-order valence-corrected chi connectivity index (χ3v) is 6.53. The standard InChI is InChI=1S/C21H25F2NS/c1-3-5-12-21(4-2)14-25-19-9-7-6-8-16(19)20(24-21)15-10-11-17(22)18(23)13-15/h6-11,13,20,24H,3-5,12,14H2,1-2H3/t20-,21+/m0/s1. The minimum atomic E-state index is -0.798. The summed E-state index contributed by atoms with van der Waals surface area (Å²) in [5.74, 6) is -0.599. The molecule has 0 fully saturated rings. The summed E-state index contributed by atoms with van der Waals surface area (Å²) in [6.07, 6.45) is 4.40. The summed E-state index contributed by atoms with van der Waals surface area (Å²) in [7, 11) is 0. The molecule has 134 valence electrons. The molecule has 1 nitrogen and oxygen atoms in total. The van der Waals surface area contributed by atoms with Gasteiger partial charge in [-0.15, -0.1) is 11.8 Å². The van der Waals surface area contributed by atoms with Crippen LogP contribution in [0.3, 0.4) is 0 Å². The van der Waals surface area contributed by atoms with Gasteiger partial charge in [0.2, 0.25) is 0 Å². The van der Waals surface area contributed by atoms with Crippen LogP contribution < -0.4 is 5.32 Å². The van der Waals surface area contributed by atoms with Crippen LogP contribution in [0.2, 0.25) is 0 Å². The van der Waals surface area contributed by atoms with Gasteiger partial charge >= 0.3 is 0 Å². The molecule has 1 aliphatic rings. The lowest BCUT2D eigenvalue weighted by atomic mass is 9.88. The van der Waals surface area contributed by atoms with Crippen LogP contribution in [0, 0.1) is 11.6 Å². The predicted molar refractivity (Wildman–Crippen MR) is 101 cm³/mol. The molecule has 0 spiro atoms. The third-order valence-electron chi connectivity index (χ3n) is 5.15. The fourth-order valence-electron chi connectivity index (χ4n) is 3.49. The number of hydrogen-bond donors (Lipinski definition) is 1. The van der Waals surface area contributed by atoms with E-state index < -0.39 is 11.6 Å². The summed E-state index contributed by atoms with van der Waals surface area (Å²) in [4.78, 5) is 1.22. The number of fused-ring (bicyclic) bond motifs is 1. The fraction of sp³-hybridized carbons (Fsp3) is 0.429. The van der Waals surface area contributed by atoms with Crippen molar-refractivity contribution in [2.75, 3.05) is 5.75 Å². The van der Waals surface area contributed by atoms with Gasteiger partial charge in [0.05, 0.1) is 6.04 Å². The molecule has 25 heavy (non-hydrogen) atoms. The van der Waals surface area contributed by atoms with Crippen molar-refractivity contribution >= 4 is 11.8 Å². The second-order valence-corrected chi connectivity index (χ2v) is 7.83. The van der Waals surface area contributed by atoms with Gasteiger partial charge in [-0.25, -0.2) is 8.78 Å². The van der Waals surface area contributed by atoms with Crippen LogP contribution in [0.25, 0.3) is 0 Å². The number of rotatable bonds is 5. The Hall–Kier alpha value is -1.39. The van der Waals surface area contributed by atoms with Crippen molar-refractivity contribution < 1.29 is 8.78 Å². The molecule has 0 unspecified atom stereocenters. The zero-order valence-electron chi connectivity index (χ0n) is 14.8. The van der Waals surface area contributed by atoms with Gasteiger partial charge < -0.3 is 0 Å². The lowest BCUT2D eigenvalue weighted by Gasteiger charge is -2.36. The predicted octanol–water partition coefficient (Wildman–Crippen LogP) is 6.09. The minimum Gasteiger partial charge on any atom is -0.300 e. The van der Waals surface area contributed by atoms with E-state index in [-0.39, 0.29) is 11.6 Å². The molecule has 1 heterocycles. The van der Waals surface area contributed by atoms with E-state index in [1.165, 1.54) is 17.0 Å². The lowest BCUT2D eigenvalue weighted by Crippen LogP contribution is -2.48. The van der Waals surface area contributed by atoms with Crippen LogP contribution in [-0.2, 0) is 0 Å². The van der Waals surface area contributed by atoms with E-state index in [1.807, 2.05) is 23.9 Å². The molecule has 0 bridgehead atoms. The average molecular weight is 362 g/mol. The largest absolute Gasteiger partial charge is 0.300 e. The summed E-state index contributed by atoms with van der Waals surface area (Å²) in [5, 5.41) is 3.82. The normalized spacial score (nSPS) is 23.1. The molecule has 4 heteroatoms. The Balaban J connectivity index is 2.05. The SMILES string of the molecule is CCCC[C@]1(CC)CSc2ccccc2[C@H](c2ccc(F)c(F)c2)N1. The third kappa shape index (κ3) is 3.90. The average Bonchev–Trinajstić information content (AvgIpc) is 2.80. The highest BCUT2D eigenvalue weighted by Gasteiger charge is 2.35. The number of benzene rings is 2. The van der Waals surface area contributed by atoms with E-state index in [2.05, 4.69) is 31.3 Å². The molecule has 0 saturated heterocycles. The molecular formula is C21H25F2NS. The van der Waals surface area contributed by atoms with Crippen LogP contribution in [0.4, 0.5) is 8.78 Å². The quantitative estimate of drug-likeness (QED) is 0.692. The molecule has 0 aromatic heterocycles. The molecule has 2 aromatic carbocycles. The van der Waals surface area contributed by atoms with Crippen molar-refractivity contribution in [1.29, 1.82) is 0 Å². The van der Waals surface area contributed by atoms with Crippen LogP contribution >= 0.6 is 11.8 Å². The van der Waals surface area contributed by atoms with E-state index in [4.69, 9.17) is 0 Å². The highest BCUT2D eigenvalue weighted by Crippen LogP contribution is 2.40. The molecule has 3 rings (SSSR count). The molecule has 0 saturated carbocycles. The van der Waals surface area contributed by atoms with E-state index >= 15 is 0 Å². The zero-order valence-corrected chi connectivity index (χ0v) is 15.6. The van der Waals surface area contributed by atoms with Crippen molar-refractivity contribution in [2.45, 2.75) is 56.0 Å². The first-order valence-corrected chi connectivity index (χ1v) is 10.0. The first kappa shape index (κ1) is 18.4. The summed E-state index contributed by atoms with van der Waals surface area (Å²) >= 11 is 1.87. The van der Waals surface area contributed by atoms with Gasteiger partial charge in [-0.1, -0.05) is 51.0 Å². The number of unbranched alkanes of at least 4 members (excludes halogenated alkanes) is 1. The van der Waals surface area contributed by atoms with Gasteiger partial charge in [0.25, 0.3) is 0 Å². The Morgan fingerprint density at radius 2 is 1.92 bits per heavy atom. The van der Waals surface area contributed by atoms with Crippen molar-refractivity contribution in [2.24, 2.45) is 0 Å². The van der Waals surface area contributed by atoms with E-state index in [0.29, 0.717) is 0 Å². The highest BCUT2D eigenvalue weighted by atomic mass is 32.2. The first-order valence-electron chi connectivity index (χ1n) is 9.03. The molecular weight excluding hydrogens is 336 g/mol. The summed E-state index contributed by atoms with van der Waals surface area (Å²) in [6.45, 7) is 4.41. The number of nitrogens with one attached hydrogen (secondary N) is 1. The van der Waals surface area contributed by atoms with Gasteiger partial charge in [-0.2, -0.15) is 0 Å². The van der Waals surface area contributed by atoms with Crippen molar-refractivity contribution in [3.8, 4) is 0 Å². The Bertz CT molecular complexity index is 734. The Morgan fingerprint density at radius 1 is 1.12 bits per heavy atom. The van der Waals surface area contributed by atoms with Gasteiger partial charge in [0.1, 0.15) is 0 Å². The van der Waals surface area contributed by atoms with Gasteiger partial charge in [-0.05, 0) is 42.2 Å². The first-order chi connectivity index (χ1) is 12.1. The highest BCUT2D eigenvalue weighted by molar-refractivity contribution is 7.99. The molecule has 2 aromatic rings. The van der Waals surface area contributed by atoms with Crippen LogP contribution in [0.15, 0.2) is 47.4 Å². The topological polar surface area (TPSA) is 12.0 Å². The summed E-state index contributed by atoms with van der Waals surface area (Å²) in [5.41, 5.74) is 1.92. The second-order valence-electron chi connectivity index (χ2n) is 6.81. The molecule has 0 amide bonds. The zero-order chi connectivity index (χ0) is 17.9. The van der Waals surface area contributed by atoms with E-state index in [0.717, 1.165) is 42.6 Å². The summed E-state index contributed by atoms with van der Waals surface area (Å²) in [6, 6.07) is 12.4. The smallest absolute Gasteiger partial charge is 0.159 e. The maximum absolute atomic E-state index is 13.9. The van der Waals surface area contributed by atoms with E-state index in [1.54, 1.807) is 6.07 Å². The van der Waals surface area contributed by atoms with Crippen molar-refractivity contribution in [3.05, 3.63) is 65.2 Å².